The number of nitrogens with zero attached hydrogens (tertiary/aromatic N) is 4. The quantitative estimate of drug-likeness (QED) is 0.777. The van der Waals surface area contributed by atoms with Crippen LogP contribution in [0.1, 0.15) is 24.9 Å². The minimum atomic E-state index is -0.0444. The molecule has 2 aromatic rings. The number of amides is 1. The molecule has 0 aliphatic heterocycles. The number of aromatic amines is 1. The third-order valence-corrected chi connectivity index (χ3v) is 2.43. The lowest BCUT2D eigenvalue weighted by Crippen LogP contribution is -2.27. The average Bonchev–Trinajstić information content (AvgIpc) is 2.99. The van der Waals surface area contributed by atoms with Crippen molar-refractivity contribution in [2.45, 2.75) is 25.9 Å². The lowest BCUT2D eigenvalue weighted by Gasteiger charge is -2.11. The number of aryl methyl sites for hydroxylation is 1. The van der Waals surface area contributed by atoms with Crippen molar-refractivity contribution in [1.82, 2.24) is 30.3 Å². The number of carbonyl (C=O) groups is 1. The van der Waals surface area contributed by atoms with E-state index in [2.05, 4.69) is 25.6 Å². The van der Waals surface area contributed by atoms with Gasteiger partial charge in [-0.05, 0) is 6.92 Å². The Bertz CT molecular complexity index is 449. The Hall–Kier alpha value is -2.18. The summed E-state index contributed by atoms with van der Waals surface area (Å²) in [6, 6.07) is -0.0444. The molecule has 17 heavy (non-hydrogen) atoms. The first-order valence-electron chi connectivity index (χ1n) is 5.36. The van der Waals surface area contributed by atoms with Gasteiger partial charge in [-0.1, -0.05) is 0 Å². The first-order valence-corrected chi connectivity index (χ1v) is 5.36. The maximum absolute atomic E-state index is 11.6. The van der Waals surface area contributed by atoms with Crippen LogP contribution in [-0.2, 0) is 11.3 Å². The number of nitrogens with one attached hydrogen (secondary N) is 2. The fourth-order valence-electron chi connectivity index (χ4n) is 1.46. The molecule has 0 fully saturated rings. The molecule has 0 aliphatic carbocycles. The van der Waals surface area contributed by atoms with E-state index >= 15 is 0 Å². The largest absolute Gasteiger partial charge is 0.349 e. The Morgan fingerprint density at radius 1 is 1.65 bits per heavy atom. The van der Waals surface area contributed by atoms with Gasteiger partial charge in [0.05, 0.1) is 18.8 Å². The van der Waals surface area contributed by atoms with E-state index in [4.69, 9.17) is 0 Å². The molecule has 0 aromatic carbocycles. The average molecular weight is 234 g/mol. The Labute approximate surface area is 98.2 Å². The van der Waals surface area contributed by atoms with Gasteiger partial charge in [0.15, 0.2) is 0 Å². The Kier molecular flexibility index (Phi) is 3.49. The van der Waals surface area contributed by atoms with Gasteiger partial charge in [0.25, 0.3) is 0 Å². The van der Waals surface area contributed by atoms with Gasteiger partial charge in [0.2, 0.25) is 5.91 Å². The van der Waals surface area contributed by atoms with Crippen molar-refractivity contribution in [3.8, 4) is 0 Å². The summed E-state index contributed by atoms with van der Waals surface area (Å²) in [4.78, 5) is 15.5. The summed E-state index contributed by atoms with van der Waals surface area (Å²) in [6.07, 6.45) is 6.88. The minimum absolute atomic E-state index is 0.0193. The normalized spacial score (nSPS) is 12.3. The third kappa shape index (κ3) is 3.13. The first kappa shape index (κ1) is 11.3. The van der Waals surface area contributed by atoms with E-state index < -0.39 is 0 Å². The highest BCUT2D eigenvalue weighted by Gasteiger charge is 2.10. The third-order valence-electron chi connectivity index (χ3n) is 2.43. The van der Waals surface area contributed by atoms with Crippen molar-refractivity contribution in [2.75, 3.05) is 0 Å². The second-order valence-electron chi connectivity index (χ2n) is 3.73. The fourth-order valence-corrected chi connectivity index (χ4v) is 1.46. The number of H-pyrrole nitrogens is 1. The summed E-state index contributed by atoms with van der Waals surface area (Å²) >= 11 is 0. The van der Waals surface area contributed by atoms with Crippen LogP contribution >= 0.6 is 0 Å². The number of hydrogen-bond donors (Lipinski definition) is 2. The Morgan fingerprint density at radius 3 is 3.18 bits per heavy atom. The van der Waals surface area contributed by atoms with Gasteiger partial charge in [0, 0.05) is 18.2 Å². The van der Waals surface area contributed by atoms with Gasteiger partial charge in [-0.2, -0.15) is 10.2 Å². The van der Waals surface area contributed by atoms with Crippen molar-refractivity contribution in [1.29, 1.82) is 0 Å². The van der Waals surface area contributed by atoms with Gasteiger partial charge in [-0.15, -0.1) is 0 Å². The molecule has 0 bridgehead atoms. The number of aromatic nitrogens is 5. The summed E-state index contributed by atoms with van der Waals surface area (Å²) in [5.41, 5.74) is 0.958. The first-order chi connectivity index (χ1) is 8.25. The van der Waals surface area contributed by atoms with E-state index in [9.17, 15) is 4.79 Å². The van der Waals surface area contributed by atoms with Gasteiger partial charge >= 0.3 is 0 Å². The molecule has 7 heteroatoms. The zero-order chi connectivity index (χ0) is 12.1. The van der Waals surface area contributed by atoms with Crippen molar-refractivity contribution in [3.63, 3.8) is 0 Å². The van der Waals surface area contributed by atoms with E-state index in [0.29, 0.717) is 13.0 Å². The Morgan fingerprint density at radius 2 is 2.53 bits per heavy atom. The van der Waals surface area contributed by atoms with Crippen LogP contribution in [0.2, 0.25) is 0 Å². The van der Waals surface area contributed by atoms with Crippen molar-refractivity contribution < 1.29 is 4.79 Å². The molecule has 1 amide bonds. The summed E-state index contributed by atoms with van der Waals surface area (Å²) in [6.45, 7) is 2.45. The van der Waals surface area contributed by atoms with Crippen molar-refractivity contribution >= 4 is 5.91 Å². The van der Waals surface area contributed by atoms with Crippen LogP contribution in [-0.4, -0.2) is 30.9 Å². The standard InChI is InChI=1S/C10H14N6O/c1-8(9-4-12-13-5-9)15-10(17)2-3-16-7-11-6-14-16/h4-8H,2-3H2,1H3,(H,12,13)(H,15,17). The van der Waals surface area contributed by atoms with Crippen LogP contribution in [0.3, 0.4) is 0 Å². The monoisotopic (exact) mass is 234 g/mol. The lowest BCUT2D eigenvalue weighted by atomic mass is 10.2. The van der Waals surface area contributed by atoms with Crippen LogP contribution in [0.4, 0.5) is 0 Å². The van der Waals surface area contributed by atoms with Crippen LogP contribution in [0.15, 0.2) is 25.0 Å². The molecule has 2 N–H and O–H groups in total. The maximum atomic E-state index is 11.6. The molecule has 1 unspecified atom stereocenters. The highest BCUT2D eigenvalue weighted by Crippen LogP contribution is 2.08. The topological polar surface area (TPSA) is 88.5 Å². The number of rotatable bonds is 5. The Balaban J connectivity index is 1.77. The summed E-state index contributed by atoms with van der Waals surface area (Å²) in [7, 11) is 0. The van der Waals surface area contributed by atoms with Gasteiger partial charge in [-0.3, -0.25) is 14.6 Å². The fraction of sp³-hybridized carbons (Fsp3) is 0.400. The molecule has 90 valence electrons. The summed E-state index contributed by atoms with van der Waals surface area (Å²) in [5.74, 6) is -0.0193. The molecule has 0 spiro atoms. The second-order valence-corrected chi connectivity index (χ2v) is 3.73. The SMILES string of the molecule is CC(NC(=O)CCn1cncn1)c1cn[nH]c1. The molecule has 0 aliphatic rings. The zero-order valence-electron chi connectivity index (χ0n) is 9.50. The predicted octanol–water partition coefficient (Wildman–Crippen LogP) is 0.269. The van der Waals surface area contributed by atoms with Crippen LogP contribution in [0.25, 0.3) is 0 Å². The molecule has 2 heterocycles. The summed E-state index contributed by atoms with van der Waals surface area (Å²) in [5, 5.41) is 13.4. The van der Waals surface area contributed by atoms with E-state index in [1.165, 1.54) is 6.33 Å². The van der Waals surface area contributed by atoms with Gasteiger partial charge in [-0.25, -0.2) is 4.98 Å². The van der Waals surface area contributed by atoms with Crippen LogP contribution < -0.4 is 5.32 Å². The highest BCUT2D eigenvalue weighted by molar-refractivity contribution is 5.76. The van der Waals surface area contributed by atoms with E-state index in [1.54, 1.807) is 23.4 Å². The molecular weight excluding hydrogens is 220 g/mol. The molecule has 0 saturated carbocycles. The second kappa shape index (κ2) is 5.24. The van der Waals surface area contributed by atoms with Gasteiger partial charge < -0.3 is 5.32 Å². The van der Waals surface area contributed by atoms with E-state index in [1.807, 2.05) is 6.92 Å². The highest BCUT2D eigenvalue weighted by atomic mass is 16.1. The minimum Gasteiger partial charge on any atom is -0.349 e. The molecular formula is C10H14N6O. The molecule has 0 radical (unpaired) electrons. The van der Waals surface area contributed by atoms with Gasteiger partial charge in [0.1, 0.15) is 12.7 Å². The van der Waals surface area contributed by atoms with Crippen LogP contribution in [0.5, 0.6) is 0 Å². The molecule has 2 aromatic heterocycles. The molecule has 2 rings (SSSR count). The predicted molar refractivity (Wildman–Crippen MR) is 59.8 cm³/mol. The molecule has 0 saturated heterocycles. The number of carbonyl (C=O) groups excluding carboxylic acids is 1. The van der Waals surface area contributed by atoms with Crippen molar-refractivity contribution in [2.24, 2.45) is 0 Å². The van der Waals surface area contributed by atoms with Crippen molar-refractivity contribution in [3.05, 3.63) is 30.6 Å². The lowest BCUT2D eigenvalue weighted by molar-refractivity contribution is -0.122. The molecule has 1 atom stereocenters. The van der Waals surface area contributed by atoms with E-state index in [0.717, 1.165) is 5.56 Å². The number of hydrogen-bond acceptors (Lipinski definition) is 4. The zero-order valence-corrected chi connectivity index (χ0v) is 9.50. The van der Waals surface area contributed by atoms with Crippen LogP contribution in [0, 0.1) is 0 Å². The summed E-state index contributed by atoms with van der Waals surface area (Å²) < 4.78 is 1.63. The smallest absolute Gasteiger partial charge is 0.222 e. The van der Waals surface area contributed by atoms with E-state index in [-0.39, 0.29) is 11.9 Å². The molecule has 7 nitrogen and oxygen atoms in total. The maximum Gasteiger partial charge on any atom is 0.222 e.